The number of nitrogens with one attached hydrogen (secondary N) is 2. The van der Waals surface area contributed by atoms with E-state index in [1.807, 2.05) is 11.8 Å². The molecule has 0 saturated carbocycles. The SMILES string of the molecule is C#CCCCCC1SCC2NC(=O)NC21. The number of carbonyl (C=O) groups is 1. The van der Waals surface area contributed by atoms with Crippen molar-refractivity contribution in [1.29, 1.82) is 0 Å². The molecule has 0 radical (unpaired) electrons. The molecule has 2 N–H and O–H groups in total. The molecule has 15 heavy (non-hydrogen) atoms. The van der Waals surface area contributed by atoms with Crippen LogP contribution in [0.1, 0.15) is 25.7 Å². The zero-order valence-electron chi connectivity index (χ0n) is 8.66. The number of fused-ring (bicyclic) bond motifs is 1. The Labute approximate surface area is 94.8 Å². The molecule has 2 fully saturated rings. The Morgan fingerprint density at radius 1 is 1.47 bits per heavy atom. The summed E-state index contributed by atoms with van der Waals surface area (Å²) in [5.74, 6) is 3.70. The largest absolute Gasteiger partial charge is 0.332 e. The summed E-state index contributed by atoms with van der Waals surface area (Å²) in [7, 11) is 0. The third-order valence-electron chi connectivity index (χ3n) is 3.00. The Hall–Kier alpha value is -0.820. The third-order valence-corrected chi connectivity index (χ3v) is 4.51. The van der Waals surface area contributed by atoms with E-state index in [-0.39, 0.29) is 6.03 Å². The van der Waals surface area contributed by atoms with Crippen LogP contribution in [-0.4, -0.2) is 29.1 Å². The summed E-state index contributed by atoms with van der Waals surface area (Å²) in [4.78, 5) is 11.1. The number of urea groups is 1. The van der Waals surface area contributed by atoms with Crippen molar-refractivity contribution in [3.05, 3.63) is 0 Å². The van der Waals surface area contributed by atoms with Gasteiger partial charge in [-0.15, -0.1) is 12.3 Å². The Morgan fingerprint density at radius 3 is 3.13 bits per heavy atom. The van der Waals surface area contributed by atoms with E-state index < -0.39 is 0 Å². The van der Waals surface area contributed by atoms with Crippen LogP contribution in [0.5, 0.6) is 0 Å². The van der Waals surface area contributed by atoms with Crippen molar-refractivity contribution in [1.82, 2.24) is 10.6 Å². The molecule has 2 aliphatic rings. The van der Waals surface area contributed by atoms with Crippen LogP contribution < -0.4 is 10.6 Å². The molecule has 2 amide bonds. The van der Waals surface area contributed by atoms with Crippen molar-refractivity contribution in [3.8, 4) is 12.3 Å². The first kappa shape index (κ1) is 10.7. The van der Waals surface area contributed by atoms with Crippen molar-refractivity contribution in [2.75, 3.05) is 5.75 Å². The molecule has 0 aromatic rings. The van der Waals surface area contributed by atoms with Gasteiger partial charge in [-0.3, -0.25) is 0 Å². The molecule has 3 atom stereocenters. The maximum absolute atomic E-state index is 11.1. The normalized spacial score (nSPS) is 33.0. The number of hydrogen-bond acceptors (Lipinski definition) is 2. The van der Waals surface area contributed by atoms with Crippen molar-refractivity contribution < 1.29 is 4.79 Å². The Kier molecular flexibility index (Phi) is 3.42. The highest BCUT2D eigenvalue weighted by molar-refractivity contribution is 8.00. The topological polar surface area (TPSA) is 41.1 Å². The van der Waals surface area contributed by atoms with Gasteiger partial charge in [0.1, 0.15) is 0 Å². The summed E-state index contributed by atoms with van der Waals surface area (Å²) in [6, 6.07) is 0.687. The number of carbonyl (C=O) groups excluding carboxylic acids is 1. The van der Waals surface area contributed by atoms with Gasteiger partial charge < -0.3 is 10.6 Å². The van der Waals surface area contributed by atoms with E-state index in [1.165, 1.54) is 6.42 Å². The van der Waals surface area contributed by atoms with Gasteiger partial charge >= 0.3 is 6.03 Å². The highest BCUT2D eigenvalue weighted by Crippen LogP contribution is 2.33. The van der Waals surface area contributed by atoms with Gasteiger partial charge in [0.25, 0.3) is 0 Å². The van der Waals surface area contributed by atoms with Crippen LogP contribution in [-0.2, 0) is 0 Å². The third kappa shape index (κ3) is 2.40. The fourth-order valence-corrected chi connectivity index (χ4v) is 3.76. The lowest BCUT2D eigenvalue weighted by Gasteiger charge is -2.15. The number of amides is 2. The lowest BCUT2D eigenvalue weighted by atomic mass is 10.0. The molecule has 0 spiro atoms. The molecule has 0 aromatic heterocycles. The van der Waals surface area contributed by atoms with Gasteiger partial charge in [0.05, 0.1) is 12.1 Å². The lowest BCUT2D eigenvalue weighted by molar-refractivity contribution is 0.247. The average molecular weight is 224 g/mol. The standard InChI is InChI=1S/C11H16N2OS/c1-2-3-4-5-6-9-10-8(7-15-9)12-11(14)13-10/h1,8-10H,3-7H2,(H2,12,13,14). The summed E-state index contributed by atoms with van der Waals surface area (Å²) in [5, 5.41) is 6.52. The van der Waals surface area contributed by atoms with E-state index >= 15 is 0 Å². The van der Waals surface area contributed by atoms with Gasteiger partial charge in [-0.1, -0.05) is 6.42 Å². The maximum Gasteiger partial charge on any atom is 0.315 e. The maximum atomic E-state index is 11.1. The fourth-order valence-electron chi connectivity index (χ4n) is 2.22. The molecule has 0 aromatic carbocycles. The molecular formula is C11H16N2OS. The van der Waals surface area contributed by atoms with Crippen molar-refractivity contribution in [2.24, 2.45) is 0 Å². The van der Waals surface area contributed by atoms with Crippen LogP contribution in [0.2, 0.25) is 0 Å². The van der Waals surface area contributed by atoms with E-state index in [9.17, 15) is 4.79 Å². The van der Waals surface area contributed by atoms with Crippen LogP contribution in [0.15, 0.2) is 0 Å². The van der Waals surface area contributed by atoms with E-state index in [0.29, 0.717) is 17.3 Å². The monoisotopic (exact) mass is 224 g/mol. The van der Waals surface area contributed by atoms with Crippen LogP contribution >= 0.6 is 11.8 Å². The molecule has 3 nitrogen and oxygen atoms in total. The second-order valence-electron chi connectivity index (χ2n) is 4.07. The summed E-state index contributed by atoms with van der Waals surface area (Å²) in [5.41, 5.74) is 0. The minimum Gasteiger partial charge on any atom is -0.332 e. The van der Waals surface area contributed by atoms with Gasteiger partial charge in [0.2, 0.25) is 0 Å². The molecular weight excluding hydrogens is 208 g/mol. The van der Waals surface area contributed by atoms with Crippen LogP contribution in [0.4, 0.5) is 4.79 Å². The van der Waals surface area contributed by atoms with Crippen molar-refractivity contribution in [3.63, 3.8) is 0 Å². The Bertz CT molecular complexity index is 287. The van der Waals surface area contributed by atoms with Gasteiger partial charge in [0, 0.05) is 17.4 Å². The quantitative estimate of drug-likeness (QED) is 0.430. The van der Waals surface area contributed by atoms with E-state index in [1.54, 1.807) is 0 Å². The van der Waals surface area contributed by atoms with Crippen LogP contribution in [0.25, 0.3) is 0 Å². The van der Waals surface area contributed by atoms with Gasteiger partial charge in [-0.05, 0) is 12.8 Å². The fraction of sp³-hybridized carbons (Fsp3) is 0.727. The molecule has 82 valence electrons. The lowest BCUT2D eigenvalue weighted by Crippen LogP contribution is -2.36. The van der Waals surface area contributed by atoms with Gasteiger partial charge in [0.15, 0.2) is 0 Å². The van der Waals surface area contributed by atoms with Crippen molar-refractivity contribution in [2.45, 2.75) is 43.0 Å². The van der Waals surface area contributed by atoms with E-state index in [4.69, 9.17) is 6.42 Å². The summed E-state index contributed by atoms with van der Waals surface area (Å²) in [6.45, 7) is 0. The summed E-state index contributed by atoms with van der Waals surface area (Å²) >= 11 is 1.97. The second-order valence-corrected chi connectivity index (χ2v) is 5.34. The number of unbranched alkanes of at least 4 members (excludes halogenated alkanes) is 2. The molecule has 0 bridgehead atoms. The predicted molar refractivity (Wildman–Crippen MR) is 62.8 cm³/mol. The minimum absolute atomic E-state index is 0.000996. The zero-order chi connectivity index (χ0) is 10.7. The first-order valence-corrected chi connectivity index (χ1v) is 6.48. The van der Waals surface area contributed by atoms with Crippen molar-refractivity contribution >= 4 is 17.8 Å². The van der Waals surface area contributed by atoms with Gasteiger partial charge in [-0.2, -0.15) is 11.8 Å². The number of hydrogen-bond donors (Lipinski definition) is 2. The molecule has 2 aliphatic heterocycles. The molecule has 2 rings (SSSR count). The molecule has 4 heteroatoms. The molecule has 3 unspecified atom stereocenters. The molecule has 2 heterocycles. The molecule has 2 saturated heterocycles. The highest BCUT2D eigenvalue weighted by atomic mass is 32.2. The minimum atomic E-state index is -0.000996. The number of terminal acetylenes is 1. The zero-order valence-corrected chi connectivity index (χ0v) is 9.48. The first-order chi connectivity index (χ1) is 7.31. The van der Waals surface area contributed by atoms with Crippen LogP contribution in [0.3, 0.4) is 0 Å². The number of thioether (sulfide) groups is 1. The Balaban J connectivity index is 1.75. The summed E-state index contributed by atoms with van der Waals surface area (Å²) < 4.78 is 0. The predicted octanol–water partition coefficient (Wildman–Crippen LogP) is 1.35. The smallest absolute Gasteiger partial charge is 0.315 e. The van der Waals surface area contributed by atoms with Crippen LogP contribution in [0, 0.1) is 12.3 Å². The second kappa shape index (κ2) is 4.80. The van der Waals surface area contributed by atoms with Gasteiger partial charge in [-0.25, -0.2) is 4.79 Å². The first-order valence-electron chi connectivity index (χ1n) is 5.43. The Morgan fingerprint density at radius 2 is 2.33 bits per heavy atom. The number of rotatable bonds is 4. The highest BCUT2D eigenvalue weighted by Gasteiger charge is 2.42. The summed E-state index contributed by atoms with van der Waals surface area (Å²) in [6.07, 6.45) is 9.51. The average Bonchev–Trinajstić information content (AvgIpc) is 2.73. The molecule has 0 aliphatic carbocycles. The van der Waals surface area contributed by atoms with E-state index in [0.717, 1.165) is 25.0 Å². The van der Waals surface area contributed by atoms with E-state index in [2.05, 4.69) is 16.6 Å².